The first-order valence-electron chi connectivity index (χ1n) is 3.29. The van der Waals surface area contributed by atoms with Crippen molar-refractivity contribution in [2.45, 2.75) is 19.8 Å². The molecule has 0 radical (unpaired) electrons. The predicted octanol–water partition coefficient (Wildman–Crippen LogP) is 1.65. The Bertz CT molecular complexity index is 154. The highest BCUT2D eigenvalue weighted by molar-refractivity contribution is 5.22. The lowest BCUT2D eigenvalue weighted by Crippen LogP contribution is -1.94. The van der Waals surface area contributed by atoms with Crippen molar-refractivity contribution in [1.29, 1.82) is 0 Å². The molecule has 1 nitrogen and oxygen atoms in total. The van der Waals surface area contributed by atoms with Gasteiger partial charge in [-0.25, -0.2) is 0 Å². The van der Waals surface area contributed by atoms with Gasteiger partial charge in [0.25, 0.3) is 0 Å². The van der Waals surface area contributed by atoms with Crippen LogP contribution >= 0.6 is 0 Å². The Kier molecular flexibility index (Phi) is 2.06. The van der Waals surface area contributed by atoms with Gasteiger partial charge >= 0.3 is 0 Å². The highest BCUT2D eigenvalue weighted by Gasteiger charge is 1.99. The summed E-state index contributed by atoms with van der Waals surface area (Å²) in [5.41, 5.74) is 2.56. The van der Waals surface area contributed by atoms with Crippen molar-refractivity contribution in [2.75, 3.05) is 6.61 Å². The van der Waals surface area contributed by atoms with E-state index < -0.39 is 0 Å². The first kappa shape index (κ1) is 6.56. The van der Waals surface area contributed by atoms with Gasteiger partial charge in [-0.3, -0.25) is 0 Å². The van der Waals surface area contributed by atoms with Gasteiger partial charge in [0.15, 0.2) is 0 Å². The first-order valence-corrected chi connectivity index (χ1v) is 3.29. The molecular formula is C8H12O. The normalized spacial score (nSPS) is 18.9. The maximum atomic E-state index is 8.68. The van der Waals surface area contributed by atoms with E-state index >= 15 is 0 Å². The molecule has 1 aliphatic rings. The molecular weight excluding hydrogens is 112 g/mol. The quantitative estimate of drug-likeness (QED) is 0.563. The second kappa shape index (κ2) is 2.83. The van der Waals surface area contributed by atoms with Crippen molar-refractivity contribution in [3.63, 3.8) is 0 Å². The third kappa shape index (κ3) is 1.68. The van der Waals surface area contributed by atoms with E-state index in [1.54, 1.807) is 0 Å². The molecule has 1 N–H and O–H groups in total. The van der Waals surface area contributed by atoms with Crippen molar-refractivity contribution in [3.05, 3.63) is 23.3 Å². The maximum absolute atomic E-state index is 8.68. The number of hydrogen-bond donors (Lipinski definition) is 1. The predicted molar refractivity (Wildman–Crippen MR) is 38.2 cm³/mol. The minimum Gasteiger partial charge on any atom is -0.392 e. The van der Waals surface area contributed by atoms with Crippen LogP contribution in [0.1, 0.15) is 19.8 Å². The summed E-state index contributed by atoms with van der Waals surface area (Å²) >= 11 is 0. The largest absolute Gasteiger partial charge is 0.392 e. The zero-order valence-electron chi connectivity index (χ0n) is 5.72. The number of hydrogen-bond acceptors (Lipinski definition) is 1. The van der Waals surface area contributed by atoms with Gasteiger partial charge in [0, 0.05) is 0 Å². The molecule has 1 heteroatoms. The molecule has 0 atom stereocenters. The van der Waals surface area contributed by atoms with Gasteiger partial charge in [0.05, 0.1) is 6.61 Å². The first-order chi connectivity index (χ1) is 4.33. The van der Waals surface area contributed by atoms with Crippen molar-refractivity contribution < 1.29 is 5.11 Å². The van der Waals surface area contributed by atoms with E-state index in [0.29, 0.717) is 0 Å². The Balaban J connectivity index is 2.59. The van der Waals surface area contributed by atoms with Gasteiger partial charge < -0.3 is 5.11 Å². The fraction of sp³-hybridized carbons (Fsp3) is 0.500. The summed E-state index contributed by atoms with van der Waals surface area (Å²) in [5, 5.41) is 8.68. The van der Waals surface area contributed by atoms with Crippen molar-refractivity contribution >= 4 is 0 Å². The molecule has 1 aliphatic carbocycles. The van der Waals surface area contributed by atoms with Crippen LogP contribution in [0.25, 0.3) is 0 Å². The van der Waals surface area contributed by atoms with E-state index in [4.69, 9.17) is 5.11 Å². The SMILES string of the molecule is CC1=CC=C(CO)CC1. The lowest BCUT2D eigenvalue weighted by Gasteiger charge is -2.08. The smallest absolute Gasteiger partial charge is 0.0644 e. The third-order valence-electron chi connectivity index (χ3n) is 1.65. The number of rotatable bonds is 1. The molecule has 0 aromatic carbocycles. The van der Waals surface area contributed by atoms with Gasteiger partial charge in [-0.15, -0.1) is 0 Å². The molecule has 0 saturated heterocycles. The summed E-state index contributed by atoms with van der Waals surface area (Å²) in [6, 6.07) is 0. The summed E-state index contributed by atoms with van der Waals surface area (Å²) in [5.74, 6) is 0. The maximum Gasteiger partial charge on any atom is 0.0644 e. The van der Waals surface area contributed by atoms with Gasteiger partial charge in [-0.2, -0.15) is 0 Å². The highest BCUT2D eigenvalue weighted by Crippen LogP contribution is 2.16. The van der Waals surface area contributed by atoms with Crippen LogP contribution in [0.2, 0.25) is 0 Å². The molecule has 0 fully saturated rings. The Morgan fingerprint density at radius 1 is 1.44 bits per heavy atom. The van der Waals surface area contributed by atoms with Crippen molar-refractivity contribution in [2.24, 2.45) is 0 Å². The van der Waals surface area contributed by atoms with Crippen LogP contribution in [-0.2, 0) is 0 Å². The van der Waals surface area contributed by atoms with E-state index in [0.717, 1.165) is 18.4 Å². The summed E-state index contributed by atoms with van der Waals surface area (Å²) < 4.78 is 0. The molecule has 0 aromatic rings. The lowest BCUT2D eigenvalue weighted by atomic mass is 10.0. The summed E-state index contributed by atoms with van der Waals surface area (Å²) in [7, 11) is 0. The van der Waals surface area contributed by atoms with Crippen molar-refractivity contribution in [3.8, 4) is 0 Å². The topological polar surface area (TPSA) is 20.2 Å². The van der Waals surface area contributed by atoms with E-state index in [9.17, 15) is 0 Å². The average Bonchev–Trinajstić information content (AvgIpc) is 1.90. The molecule has 0 saturated carbocycles. The summed E-state index contributed by atoms with van der Waals surface area (Å²) in [6.07, 6.45) is 6.25. The number of allylic oxidation sites excluding steroid dienone is 3. The zero-order valence-corrected chi connectivity index (χ0v) is 5.72. The molecule has 0 amide bonds. The summed E-state index contributed by atoms with van der Waals surface area (Å²) in [4.78, 5) is 0. The van der Waals surface area contributed by atoms with Crippen LogP contribution in [-0.4, -0.2) is 11.7 Å². The van der Waals surface area contributed by atoms with Crippen LogP contribution < -0.4 is 0 Å². The Morgan fingerprint density at radius 3 is 2.67 bits per heavy atom. The van der Waals surface area contributed by atoms with Crippen molar-refractivity contribution in [1.82, 2.24) is 0 Å². The second-order valence-corrected chi connectivity index (χ2v) is 2.50. The van der Waals surface area contributed by atoms with Gasteiger partial charge in [0.2, 0.25) is 0 Å². The Hall–Kier alpha value is -0.560. The van der Waals surface area contributed by atoms with Crippen LogP contribution in [0.3, 0.4) is 0 Å². The second-order valence-electron chi connectivity index (χ2n) is 2.50. The van der Waals surface area contributed by atoms with Gasteiger partial charge in [-0.05, 0) is 25.3 Å². The highest BCUT2D eigenvalue weighted by atomic mass is 16.3. The monoisotopic (exact) mass is 124 g/mol. The summed E-state index contributed by atoms with van der Waals surface area (Å²) in [6.45, 7) is 2.34. The van der Waals surface area contributed by atoms with E-state index in [1.807, 2.05) is 6.08 Å². The molecule has 0 unspecified atom stereocenters. The Labute approximate surface area is 55.7 Å². The molecule has 1 rings (SSSR count). The molecule has 0 spiro atoms. The van der Waals surface area contributed by atoms with E-state index in [-0.39, 0.29) is 6.61 Å². The minimum absolute atomic E-state index is 0.226. The van der Waals surface area contributed by atoms with Crippen LogP contribution in [0, 0.1) is 0 Å². The fourth-order valence-electron chi connectivity index (χ4n) is 0.916. The molecule has 0 aliphatic heterocycles. The number of aliphatic hydroxyl groups excluding tert-OH is 1. The fourth-order valence-corrected chi connectivity index (χ4v) is 0.916. The van der Waals surface area contributed by atoms with Crippen LogP contribution in [0.5, 0.6) is 0 Å². The molecule has 50 valence electrons. The van der Waals surface area contributed by atoms with Gasteiger partial charge in [-0.1, -0.05) is 17.7 Å². The van der Waals surface area contributed by atoms with E-state index in [2.05, 4.69) is 13.0 Å². The van der Waals surface area contributed by atoms with Crippen LogP contribution in [0.4, 0.5) is 0 Å². The lowest BCUT2D eigenvalue weighted by molar-refractivity contribution is 0.326. The molecule has 0 heterocycles. The Morgan fingerprint density at radius 2 is 2.22 bits per heavy atom. The number of aliphatic hydroxyl groups is 1. The zero-order chi connectivity index (χ0) is 6.69. The average molecular weight is 124 g/mol. The van der Waals surface area contributed by atoms with E-state index in [1.165, 1.54) is 5.57 Å². The van der Waals surface area contributed by atoms with Gasteiger partial charge in [0.1, 0.15) is 0 Å². The third-order valence-corrected chi connectivity index (χ3v) is 1.65. The molecule has 0 aromatic heterocycles. The minimum atomic E-state index is 0.226. The molecule has 9 heavy (non-hydrogen) atoms. The van der Waals surface area contributed by atoms with Crippen LogP contribution in [0.15, 0.2) is 23.3 Å². The molecule has 0 bridgehead atoms. The standard InChI is InChI=1S/C8H12O/c1-7-2-4-8(6-9)5-3-7/h2,4,9H,3,5-6H2,1H3.